The molecular weight excluding hydrogens is 314 g/mol. The van der Waals surface area contributed by atoms with Crippen molar-refractivity contribution in [1.82, 2.24) is 30.0 Å². The Bertz CT molecular complexity index is 711. The van der Waals surface area contributed by atoms with Crippen LogP contribution in [-0.4, -0.2) is 69.5 Å². The molecular formula is C18H29N7. The van der Waals surface area contributed by atoms with Crippen molar-refractivity contribution < 1.29 is 0 Å². The van der Waals surface area contributed by atoms with Crippen molar-refractivity contribution in [2.24, 2.45) is 5.92 Å². The molecule has 0 atom stereocenters. The molecule has 0 bridgehead atoms. The average Bonchev–Trinajstić information content (AvgIpc) is 2.95. The fraction of sp³-hybridized carbons (Fsp3) is 0.722. The van der Waals surface area contributed by atoms with E-state index in [0.29, 0.717) is 12.1 Å². The molecule has 0 amide bonds. The lowest BCUT2D eigenvalue weighted by atomic mass is 9.98. The van der Waals surface area contributed by atoms with Gasteiger partial charge in [0, 0.05) is 37.6 Å². The lowest BCUT2D eigenvalue weighted by Gasteiger charge is -2.41. The number of fused-ring (bicyclic) bond motifs is 1. The Kier molecular flexibility index (Phi) is 4.60. The van der Waals surface area contributed by atoms with Gasteiger partial charge in [0.25, 0.3) is 0 Å². The zero-order chi connectivity index (χ0) is 17.4. The molecule has 0 aliphatic carbocycles. The Balaban J connectivity index is 1.23. The van der Waals surface area contributed by atoms with E-state index in [1.54, 1.807) is 0 Å². The number of aryl methyl sites for hydroxylation is 1. The molecule has 0 saturated carbocycles. The second-order valence-electron chi connectivity index (χ2n) is 7.79. The SMILES string of the molecule is Cc1nnc2ccc(N3CC(CNC4CCN(C(C)C)CC4)C3)nn12. The Morgan fingerprint density at radius 3 is 2.64 bits per heavy atom. The number of piperidine rings is 1. The van der Waals surface area contributed by atoms with Gasteiger partial charge in [0.2, 0.25) is 0 Å². The standard InChI is InChI=1S/C18H29N7/c1-13(2)23-8-6-16(7-9-23)19-10-15-11-24(12-15)18-5-4-17-21-20-14(3)25(17)22-18/h4-5,13,15-16,19H,6-12H2,1-3H3. The lowest BCUT2D eigenvalue weighted by Crippen LogP contribution is -2.53. The van der Waals surface area contributed by atoms with E-state index in [4.69, 9.17) is 0 Å². The summed E-state index contributed by atoms with van der Waals surface area (Å²) < 4.78 is 1.82. The summed E-state index contributed by atoms with van der Waals surface area (Å²) in [5.41, 5.74) is 0.813. The van der Waals surface area contributed by atoms with Gasteiger partial charge in [0.15, 0.2) is 11.5 Å². The first kappa shape index (κ1) is 16.7. The van der Waals surface area contributed by atoms with E-state index in [2.05, 4.69) is 50.3 Å². The number of nitrogens with zero attached hydrogens (tertiary/aromatic N) is 6. The fourth-order valence-electron chi connectivity index (χ4n) is 3.89. The highest BCUT2D eigenvalue weighted by atomic mass is 15.4. The van der Waals surface area contributed by atoms with Crippen molar-refractivity contribution in [3.63, 3.8) is 0 Å². The van der Waals surface area contributed by atoms with E-state index in [1.165, 1.54) is 25.9 Å². The van der Waals surface area contributed by atoms with Gasteiger partial charge in [-0.2, -0.15) is 4.52 Å². The molecule has 2 aromatic rings. The van der Waals surface area contributed by atoms with E-state index in [9.17, 15) is 0 Å². The summed E-state index contributed by atoms with van der Waals surface area (Å²) >= 11 is 0. The Hall–Kier alpha value is -1.73. The summed E-state index contributed by atoms with van der Waals surface area (Å²) in [7, 11) is 0. The van der Waals surface area contributed by atoms with E-state index >= 15 is 0 Å². The highest BCUT2D eigenvalue weighted by molar-refractivity contribution is 5.47. The van der Waals surface area contributed by atoms with Gasteiger partial charge in [0.05, 0.1) is 0 Å². The molecule has 0 aromatic carbocycles. The van der Waals surface area contributed by atoms with Crippen LogP contribution in [0.5, 0.6) is 0 Å². The summed E-state index contributed by atoms with van der Waals surface area (Å²) in [4.78, 5) is 4.92. The molecule has 4 heterocycles. The zero-order valence-corrected chi connectivity index (χ0v) is 15.5. The van der Waals surface area contributed by atoms with Crippen LogP contribution in [0.25, 0.3) is 5.65 Å². The van der Waals surface area contributed by atoms with E-state index in [-0.39, 0.29) is 0 Å². The molecule has 2 aromatic heterocycles. The van der Waals surface area contributed by atoms with Gasteiger partial charge < -0.3 is 15.1 Å². The molecule has 4 rings (SSSR count). The van der Waals surface area contributed by atoms with E-state index in [0.717, 1.165) is 42.8 Å². The smallest absolute Gasteiger partial charge is 0.178 e. The first-order valence-corrected chi connectivity index (χ1v) is 9.51. The third-order valence-electron chi connectivity index (χ3n) is 5.64. The molecule has 1 N–H and O–H groups in total. The number of hydrogen-bond donors (Lipinski definition) is 1. The van der Waals surface area contributed by atoms with Crippen LogP contribution in [0.2, 0.25) is 0 Å². The van der Waals surface area contributed by atoms with Crippen LogP contribution in [0.15, 0.2) is 12.1 Å². The number of aromatic nitrogens is 4. The van der Waals surface area contributed by atoms with Crippen LogP contribution in [-0.2, 0) is 0 Å². The largest absolute Gasteiger partial charge is 0.354 e. The zero-order valence-electron chi connectivity index (χ0n) is 15.5. The summed E-state index contributed by atoms with van der Waals surface area (Å²) in [6.07, 6.45) is 2.56. The van der Waals surface area contributed by atoms with Gasteiger partial charge in [0.1, 0.15) is 5.82 Å². The quantitative estimate of drug-likeness (QED) is 0.884. The maximum atomic E-state index is 4.66. The van der Waals surface area contributed by atoms with E-state index < -0.39 is 0 Å². The highest BCUT2D eigenvalue weighted by Crippen LogP contribution is 2.23. The molecule has 7 nitrogen and oxygen atoms in total. The van der Waals surface area contributed by atoms with Crippen molar-refractivity contribution in [2.45, 2.75) is 45.7 Å². The van der Waals surface area contributed by atoms with Gasteiger partial charge in [-0.05, 0) is 58.8 Å². The van der Waals surface area contributed by atoms with E-state index in [1.807, 2.05) is 17.5 Å². The van der Waals surface area contributed by atoms with Gasteiger partial charge in [-0.1, -0.05) is 0 Å². The minimum Gasteiger partial charge on any atom is -0.354 e. The fourth-order valence-corrected chi connectivity index (χ4v) is 3.89. The third kappa shape index (κ3) is 3.48. The van der Waals surface area contributed by atoms with Crippen molar-refractivity contribution in [3.8, 4) is 0 Å². The molecule has 0 radical (unpaired) electrons. The lowest BCUT2D eigenvalue weighted by molar-refractivity contribution is 0.158. The Morgan fingerprint density at radius 2 is 1.92 bits per heavy atom. The molecule has 2 fully saturated rings. The molecule has 2 aliphatic heterocycles. The van der Waals surface area contributed by atoms with Crippen molar-refractivity contribution in [2.75, 3.05) is 37.6 Å². The molecule has 2 aliphatic rings. The van der Waals surface area contributed by atoms with Crippen LogP contribution in [0, 0.1) is 12.8 Å². The minimum absolute atomic E-state index is 0.681. The van der Waals surface area contributed by atoms with Gasteiger partial charge >= 0.3 is 0 Å². The predicted molar refractivity (Wildman–Crippen MR) is 99.0 cm³/mol. The Morgan fingerprint density at radius 1 is 1.16 bits per heavy atom. The minimum atomic E-state index is 0.681. The summed E-state index contributed by atoms with van der Waals surface area (Å²) in [6, 6.07) is 5.42. The van der Waals surface area contributed by atoms with Crippen molar-refractivity contribution in [3.05, 3.63) is 18.0 Å². The van der Waals surface area contributed by atoms with Crippen LogP contribution in [0.1, 0.15) is 32.5 Å². The molecule has 2 saturated heterocycles. The summed E-state index contributed by atoms with van der Waals surface area (Å²) in [5, 5.41) is 16.6. The number of nitrogens with one attached hydrogen (secondary N) is 1. The average molecular weight is 343 g/mol. The van der Waals surface area contributed by atoms with Gasteiger partial charge in [-0.15, -0.1) is 15.3 Å². The number of anilines is 1. The highest BCUT2D eigenvalue weighted by Gasteiger charge is 2.29. The van der Waals surface area contributed by atoms with Crippen molar-refractivity contribution >= 4 is 11.5 Å². The third-order valence-corrected chi connectivity index (χ3v) is 5.64. The maximum absolute atomic E-state index is 4.66. The van der Waals surface area contributed by atoms with Gasteiger partial charge in [-0.25, -0.2) is 0 Å². The molecule has 25 heavy (non-hydrogen) atoms. The van der Waals surface area contributed by atoms with Gasteiger partial charge in [-0.3, -0.25) is 0 Å². The maximum Gasteiger partial charge on any atom is 0.178 e. The number of likely N-dealkylation sites (tertiary alicyclic amines) is 1. The first-order chi connectivity index (χ1) is 12.1. The first-order valence-electron chi connectivity index (χ1n) is 9.51. The van der Waals surface area contributed by atoms with Crippen molar-refractivity contribution in [1.29, 1.82) is 0 Å². The molecule has 136 valence electrons. The number of hydrogen-bond acceptors (Lipinski definition) is 6. The van der Waals surface area contributed by atoms with Crippen LogP contribution in [0.4, 0.5) is 5.82 Å². The van der Waals surface area contributed by atoms with Crippen LogP contribution in [0.3, 0.4) is 0 Å². The summed E-state index contributed by atoms with van der Waals surface area (Å²) in [6.45, 7) is 12.3. The molecule has 7 heteroatoms. The van der Waals surface area contributed by atoms with Crippen LogP contribution < -0.4 is 10.2 Å². The predicted octanol–water partition coefficient (Wildman–Crippen LogP) is 1.33. The normalized spacial score (nSPS) is 20.6. The number of rotatable bonds is 5. The second kappa shape index (κ2) is 6.88. The monoisotopic (exact) mass is 343 g/mol. The van der Waals surface area contributed by atoms with Crippen LogP contribution >= 0.6 is 0 Å². The topological polar surface area (TPSA) is 61.6 Å². The second-order valence-corrected chi connectivity index (χ2v) is 7.79. The molecule has 0 unspecified atom stereocenters. The Labute approximate surface area is 149 Å². The summed E-state index contributed by atoms with van der Waals surface area (Å²) in [5.74, 6) is 2.59. The molecule has 0 spiro atoms.